The molecule has 3 heterocycles. The van der Waals surface area contributed by atoms with Crippen molar-refractivity contribution in [2.45, 2.75) is 19.1 Å². The first-order chi connectivity index (χ1) is 15.6. The third-order valence-electron chi connectivity index (χ3n) is 5.96. The van der Waals surface area contributed by atoms with Gasteiger partial charge in [0.25, 0.3) is 0 Å². The number of rotatable bonds is 2. The molecule has 0 spiro atoms. The molecule has 0 bridgehead atoms. The number of benzene rings is 3. The fourth-order valence-electron chi connectivity index (χ4n) is 4.46. The monoisotopic (exact) mass is 444 g/mol. The molecule has 0 amide bonds. The Hall–Kier alpha value is -3.64. The number of nitrogens with zero attached hydrogens (tertiary/aromatic N) is 3. The van der Waals surface area contributed by atoms with Crippen LogP contribution in [0.1, 0.15) is 34.4 Å². The molecule has 7 heteroatoms. The number of anilines is 1. The Morgan fingerprint density at radius 2 is 1.88 bits per heavy atom. The van der Waals surface area contributed by atoms with Crippen LogP contribution in [0.2, 0.25) is 5.02 Å². The molecule has 2 aliphatic heterocycles. The average molecular weight is 445 g/mol. The number of aromatic nitrogens is 3. The summed E-state index contributed by atoms with van der Waals surface area (Å²) in [6.45, 7) is 2.04. The van der Waals surface area contributed by atoms with Gasteiger partial charge in [-0.05, 0) is 36.8 Å². The van der Waals surface area contributed by atoms with Gasteiger partial charge in [-0.2, -0.15) is 10.1 Å². The maximum atomic E-state index is 15.0. The SMILES string of the molecule is Cc1ccc([C@H]2C3=C(Nc4ncnn42)c2cc(Cl)ccc2O[C@@H]3c2ccccc2F)cc1. The summed E-state index contributed by atoms with van der Waals surface area (Å²) in [5, 5.41) is 8.47. The van der Waals surface area contributed by atoms with Crippen molar-refractivity contribution in [3.8, 4) is 5.75 Å². The largest absolute Gasteiger partial charge is 0.480 e. The van der Waals surface area contributed by atoms with E-state index in [-0.39, 0.29) is 11.9 Å². The molecular formula is C25H18ClFN4O. The van der Waals surface area contributed by atoms with E-state index in [2.05, 4.69) is 39.7 Å². The summed E-state index contributed by atoms with van der Waals surface area (Å²) in [5.74, 6) is 0.910. The minimum absolute atomic E-state index is 0.325. The highest BCUT2D eigenvalue weighted by atomic mass is 35.5. The lowest BCUT2D eigenvalue weighted by molar-refractivity contribution is 0.218. The van der Waals surface area contributed by atoms with E-state index in [9.17, 15) is 0 Å². The molecule has 0 saturated carbocycles. The lowest BCUT2D eigenvalue weighted by Crippen LogP contribution is -2.32. The van der Waals surface area contributed by atoms with Gasteiger partial charge >= 0.3 is 0 Å². The number of fused-ring (bicyclic) bond motifs is 3. The van der Waals surface area contributed by atoms with Crippen LogP contribution in [0.4, 0.5) is 10.3 Å². The highest BCUT2D eigenvalue weighted by Crippen LogP contribution is 2.51. The van der Waals surface area contributed by atoms with E-state index in [1.54, 1.807) is 18.2 Å². The zero-order chi connectivity index (χ0) is 21.8. The highest BCUT2D eigenvalue weighted by Gasteiger charge is 2.41. The summed E-state index contributed by atoms with van der Waals surface area (Å²) in [6.07, 6.45) is 0.857. The highest BCUT2D eigenvalue weighted by molar-refractivity contribution is 6.30. The van der Waals surface area contributed by atoms with Crippen molar-refractivity contribution in [1.29, 1.82) is 0 Å². The third-order valence-corrected chi connectivity index (χ3v) is 6.19. The van der Waals surface area contributed by atoms with Gasteiger partial charge in [0.15, 0.2) is 6.10 Å². The van der Waals surface area contributed by atoms with Crippen LogP contribution in [-0.4, -0.2) is 14.8 Å². The Kier molecular flexibility index (Phi) is 4.30. The molecule has 0 saturated heterocycles. The molecule has 2 atom stereocenters. The Bertz CT molecular complexity index is 1380. The van der Waals surface area contributed by atoms with Gasteiger partial charge in [0.1, 0.15) is 23.9 Å². The Morgan fingerprint density at radius 1 is 1.06 bits per heavy atom. The first kappa shape index (κ1) is 19.1. The molecule has 6 rings (SSSR count). The maximum Gasteiger partial charge on any atom is 0.226 e. The van der Waals surface area contributed by atoms with Crippen LogP contribution in [-0.2, 0) is 0 Å². The van der Waals surface area contributed by atoms with Crippen LogP contribution in [0.3, 0.4) is 0 Å². The van der Waals surface area contributed by atoms with Crippen molar-refractivity contribution < 1.29 is 9.13 Å². The average Bonchev–Trinajstić information content (AvgIpc) is 3.27. The molecule has 4 aromatic rings. The second-order valence-electron chi connectivity index (χ2n) is 7.96. The van der Waals surface area contributed by atoms with Gasteiger partial charge in [-0.15, -0.1) is 0 Å². The molecule has 5 nitrogen and oxygen atoms in total. The predicted molar refractivity (Wildman–Crippen MR) is 121 cm³/mol. The maximum absolute atomic E-state index is 15.0. The molecule has 158 valence electrons. The minimum Gasteiger partial charge on any atom is -0.480 e. The molecule has 32 heavy (non-hydrogen) atoms. The van der Waals surface area contributed by atoms with Gasteiger partial charge in [-0.1, -0.05) is 59.6 Å². The number of ether oxygens (including phenoxy) is 1. The van der Waals surface area contributed by atoms with Crippen molar-refractivity contribution in [3.63, 3.8) is 0 Å². The second-order valence-corrected chi connectivity index (χ2v) is 8.39. The zero-order valence-corrected chi connectivity index (χ0v) is 17.8. The van der Waals surface area contributed by atoms with E-state index >= 15 is 4.39 Å². The number of nitrogens with one attached hydrogen (secondary N) is 1. The smallest absolute Gasteiger partial charge is 0.226 e. The fourth-order valence-corrected chi connectivity index (χ4v) is 4.63. The Morgan fingerprint density at radius 3 is 2.69 bits per heavy atom. The number of halogens is 2. The fraction of sp³-hybridized carbons (Fsp3) is 0.120. The van der Waals surface area contributed by atoms with Crippen molar-refractivity contribution >= 4 is 23.2 Å². The molecule has 0 radical (unpaired) electrons. The van der Waals surface area contributed by atoms with Crippen LogP contribution in [0.25, 0.3) is 5.70 Å². The van der Waals surface area contributed by atoms with E-state index in [4.69, 9.17) is 16.3 Å². The number of hydrogen-bond acceptors (Lipinski definition) is 4. The van der Waals surface area contributed by atoms with Crippen molar-refractivity contribution in [2.75, 3.05) is 5.32 Å². The minimum atomic E-state index is -0.656. The van der Waals surface area contributed by atoms with Crippen molar-refractivity contribution in [1.82, 2.24) is 14.8 Å². The lowest BCUT2D eigenvalue weighted by Gasteiger charge is -2.39. The summed E-state index contributed by atoms with van der Waals surface area (Å²) >= 11 is 6.34. The molecule has 0 fully saturated rings. The van der Waals surface area contributed by atoms with Crippen LogP contribution < -0.4 is 10.1 Å². The van der Waals surface area contributed by atoms with Gasteiger partial charge in [0, 0.05) is 21.7 Å². The first-order valence-corrected chi connectivity index (χ1v) is 10.7. The summed E-state index contributed by atoms with van der Waals surface area (Å²) in [7, 11) is 0. The van der Waals surface area contributed by atoms with Gasteiger partial charge in [-0.25, -0.2) is 9.07 Å². The summed E-state index contributed by atoms with van der Waals surface area (Å²) < 4.78 is 23.3. The van der Waals surface area contributed by atoms with E-state index in [1.165, 1.54) is 12.4 Å². The van der Waals surface area contributed by atoms with Crippen LogP contribution >= 0.6 is 11.6 Å². The Labute approximate surface area is 189 Å². The summed E-state index contributed by atoms with van der Waals surface area (Å²) in [6, 6.07) is 20.1. The van der Waals surface area contributed by atoms with E-state index in [0.29, 0.717) is 22.3 Å². The predicted octanol–water partition coefficient (Wildman–Crippen LogP) is 5.94. The standard InChI is InChI=1S/C25H18ClFN4O/c1-14-6-8-15(9-7-14)23-21-22(30-25-28-13-29-31(23)25)18-12-16(26)10-11-20(18)32-24(21)17-4-2-3-5-19(17)27/h2-13,23-24H,1H3,(H,28,29,30)/t23-,24+/m0/s1. The number of hydrogen-bond donors (Lipinski definition) is 1. The molecule has 1 aromatic heterocycles. The van der Waals surface area contributed by atoms with Gasteiger partial charge in [0.05, 0.1) is 5.70 Å². The quantitative estimate of drug-likeness (QED) is 0.415. The van der Waals surface area contributed by atoms with E-state index in [1.807, 2.05) is 29.8 Å². The third kappa shape index (κ3) is 2.91. The first-order valence-electron chi connectivity index (χ1n) is 10.3. The summed E-state index contributed by atoms with van der Waals surface area (Å²) in [4.78, 5) is 4.41. The van der Waals surface area contributed by atoms with E-state index in [0.717, 1.165) is 28.0 Å². The molecule has 3 aromatic carbocycles. The summed E-state index contributed by atoms with van der Waals surface area (Å²) in [5.41, 5.74) is 5.10. The van der Waals surface area contributed by atoms with Crippen LogP contribution in [0, 0.1) is 12.7 Å². The van der Waals surface area contributed by atoms with Crippen molar-refractivity contribution in [2.24, 2.45) is 0 Å². The Balaban J connectivity index is 1.65. The molecule has 0 unspecified atom stereocenters. The van der Waals surface area contributed by atoms with E-state index < -0.39 is 6.10 Å². The topological polar surface area (TPSA) is 52.0 Å². The van der Waals surface area contributed by atoms with Crippen LogP contribution in [0.5, 0.6) is 5.75 Å². The van der Waals surface area contributed by atoms with Gasteiger partial charge in [-0.3, -0.25) is 0 Å². The molecule has 2 aliphatic rings. The molecule has 1 N–H and O–H groups in total. The zero-order valence-electron chi connectivity index (χ0n) is 17.1. The number of aryl methyl sites for hydroxylation is 1. The molecular weight excluding hydrogens is 427 g/mol. The van der Waals surface area contributed by atoms with Gasteiger partial charge in [0.2, 0.25) is 5.95 Å². The second kappa shape index (κ2) is 7.21. The van der Waals surface area contributed by atoms with Gasteiger partial charge < -0.3 is 10.1 Å². The lowest BCUT2D eigenvalue weighted by atomic mass is 9.84. The molecule has 0 aliphatic carbocycles. The normalized spacial score (nSPS) is 18.8. The van der Waals surface area contributed by atoms with Crippen LogP contribution in [0.15, 0.2) is 78.6 Å². The van der Waals surface area contributed by atoms with Crippen molar-refractivity contribution in [3.05, 3.63) is 112 Å².